The van der Waals surface area contributed by atoms with Crippen molar-refractivity contribution >= 4 is 17.6 Å². The molecule has 0 aromatic heterocycles. The summed E-state index contributed by atoms with van der Waals surface area (Å²) >= 11 is 5.87. The standard InChI is InChI=1S/C19H22ClNO5/c1-19(24,18(22)23)12-21-10-14-5-8-16(17(9-14)25-2)26-11-13-3-6-15(20)7-4-13/h3-9,21,24H,10-12H2,1-2H3,(H,22,23). The first kappa shape index (κ1) is 20.0. The smallest absolute Gasteiger partial charge is 0.336 e. The fourth-order valence-electron chi connectivity index (χ4n) is 2.21. The molecule has 2 rings (SSSR count). The fraction of sp³-hybridized carbons (Fsp3) is 0.316. The third-order valence-corrected chi connectivity index (χ3v) is 4.05. The van der Waals surface area contributed by atoms with Crippen LogP contribution in [0.5, 0.6) is 11.5 Å². The Morgan fingerprint density at radius 3 is 2.42 bits per heavy atom. The fourth-order valence-corrected chi connectivity index (χ4v) is 2.33. The van der Waals surface area contributed by atoms with Gasteiger partial charge in [0, 0.05) is 18.1 Å². The Morgan fingerprint density at radius 2 is 1.81 bits per heavy atom. The van der Waals surface area contributed by atoms with Crippen molar-refractivity contribution in [2.75, 3.05) is 13.7 Å². The van der Waals surface area contributed by atoms with E-state index in [1.54, 1.807) is 31.4 Å². The summed E-state index contributed by atoms with van der Waals surface area (Å²) < 4.78 is 11.2. The second-order valence-corrected chi connectivity index (χ2v) is 6.52. The number of carboxylic acids is 1. The van der Waals surface area contributed by atoms with Crippen LogP contribution in [0, 0.1) is 0 Å². The maximum absolute atomic E-state index is 10.9. The number of carbonyl (C=O) groups is 1. The van der Waals surface area contributed by atoms with Crippen LogP contribution in [0.3, 0.4) is 0 Å². The lowest BCUT2D eigenvalue weighted by Gasteiger charge is -2.18. The lowest BCUT2D eigenvalue weighted by Crippen LogP contribution is -2.44. The molecule has 0 saturated heterocycles. The third kappa shape index (κ3) is 5.62. The van der Waals surface area contributed by atoms with E-state index in [-0.39, 0.29) is 6.54 Å². The number of aliphatic carboxylic acids is 1. The van der Waals surface area contributed by atoms with Crippen LogP contribution in [0.2, 0.25) is 5.02 Å². The van der Waals surface area contributed by atoms with Gasteiger partial charge in [-0.15, -0.1) is 0 Å². The topological polar surface area (TPSA) is 88.0 Å². The van der Waals surface area contributed by atoms with Gasteiger partial charge in [-0.2, -0.15) is 0 Å². The highest BCUT2D eigenvalue weighted by Gasteiger charge is 2.29. The van der Waals surface area contributed by atoms with Gasteiger partial charge in [-0.25, -0.2) is 4.79 Å². The minimum Gasteiger partial charge on any atom is -0.493 e. The Kier molecular flexibility index (Phi) is 6.85. The summed E-state index contributed by atoms with van der Waals surface area (Å²) in [6.07, 6.45) is 0. The van der Waals surface area contributed by atoms with Gasteiger partial charge in [0.2, 0.25) is 0 Å². The largest absolute Gasteiger partial charge is 0.493 e. The van der Waals surface area contributed by atoms with E-state index in [2.05, 4.69) is 5.32 Å². The van der Waals surface area contributed by atoms with Gasteiger partial charge in [0.15, 0.2) is 17.1 Å². The Hall–Kier alpha value is -2.28. The van der Waals surface area contributed by atoms with E-state index in [1.807, 2.05) is 18.2 Å². The molecule has 0 saturated carbocycles. The maximum atomic E-state index is 10.9. The second kappa shape index (κ2) is 8.89. The number of aliphatic hydroxyl groups is 1. The van der Waals surface area contributed by atoms with Crippen LogP contribution in [0.1, 0.15) is 18.1 Å². The lowest BCUT2D eigenvalue weighted by molar-refractivity contribution is -0.156. The number of hydrogen-bond donors (Lipinski definition) is 3. The van der Waals surface area contributed by atoms with Crippen molar-refractivity contribution in [3.8, 4) is 11.5 Å². The molecule has 1 unspecified atom stereocenters. The van der Waals surface area contributed by atoms with Crippen molar-refractivity contribution < 1.29 is 24.5 Å². The average molecular weight is 380 g/mol. The first-order valence-corrected chi connectivity index (χ1v) is 8.40. The molecule has 1 atom stereocenters. The minimum absolute atomic E-state index is 0.0700. The van der Waals surface area contributed by atoms with Gasteiger partial charge in [0.05, 0.1) is 7.11 Å². The number of ether oxygens (including phenoxy) is 2. The molecular formula is C19H22ClNO5. The summed E-state index contributed by atoms with van der Waals surface area (Å²) in [6, 6.07) is 12.8. The van der Waals surface area contributed by atoms with Crippen molar-refractivity contribution in [2.45, 2.75) is 25.7 Å². The zero-order valence-electron chi connectivity index (χ0n) is 14.7. The average Bonchev–Trinajstić information content (AvgIpc) is 2.61. The molecule has 26 heavy (non-hydrogen) atoms. The van der Waals surface area contributed by atoms with Crippen molar-refractivity contribution in [1.82, 2.24) is 5.32 Å². The molecule has 0 heterocycles. The highest BCUT2D eigenvalue weighted by atomic mass is 35.5. The van der Waals surface area contributed by atoms with Gasteiger partial charge in [0.1, 0.15) is 6.61 Å². The van der Waals surface area contributed by atoms with Gasteiger partial charge in [-0.3, -0.25) is 0 Å². The van der Waals surface area contributed by atoms with Gasteiger partial charge >= 0.3 is 5.97 Å². The normalized spacial score (nSPS) is 13.1. The molecular weight excluding hydrogens is 358 g/mol. The van der Waals surface area contributed by atoms with Crippen LogP contribution in [0.15, 0.2) is 42.5 Å². The van der Waals surface area contributed by atoms with Gasteiger partial charge < -0.3 is 25.0 Å². The molecule has 0 amide bonds. The molecule has 0 spiro atoms. The van der Waals surface area contributed by atoms with Crippen LogP contribution in [-0.2, 0) is 17.9 Å². The lowest BCUT2D eigenvalue weighted by atomic mass is 10.1. The third-order valence-electron chi connectivity index (χ3n) is 3.79. The second-order valence-electron chi connectivity index (χ2n) is 6.08. The molecule has 0 aliphatic rings. The Bertz CT molecular complexity index is 746. The summed E-state index contributed by atoms with van der Waals surface area (Å²) in [6.45, 7) is 1.94. The summed E-state index contributed by atoms with van der Waals surface area (Å²) in [7, 11) is 1.55. The summed E-state index contributed by atoms with van der Waals surface area (Å²) in [4.78, 5) is 10.9. The molecule has 3 N–H and O–H groups in total. The van der Waals surface area contributed by atoms with E-state index in [1.165, 1.54) is 6.92 Å². The molecule has 0 fully saturated rings. The van der Waals surface area contributed by atoms with Gasteiger partial charge in [-0.05, 0) is 42.3 Å². The molecule has 2 aromatic carbocycles. The number of benzene rings is 2. The molecule has 0 bridgehead atoms. The molecule has 2 aromatic rings. The molecule has 140 valence electrons. The first-order chi connectivity index (χ1) is 12.3. The molecule has 7 heteroatoms. The molecule has 0 aliphatic heterocycles. The van der Waals surface area contributed by atoms with Crippen LogP contribution >= 0.6 is 11.6 Å². The van der Waals surface area contributed by atoms with Crippen LogP contribution < -0.4 is 14.8 Å². The van der Waals surface area contributed by atoms with Crippen molar-refractivity contribution in [3.63, 3.8) is 0 Å². The van der Waals surface area contributed by atoms with E-state index in [0.29, 0.717) is 29.7 Å². The molecule has 0 radical (unpaired) electrons. The van der Waals surface area contributed by atoms with Crippen LogP contribution in [0.4, 0.5) is 0 Å². The monoisotopic (exact) mass is 379 g/mol. The number of hydrogen-bond acceptors (Lipinski definition) is 5. The number of carboxylic acid groups (broad SMARTS) is 1. The van der Waals surface area contributed by atoms with Crippen molar-refractivity contribution in [3.05, 3.63) is 58.6 Å². The number of nitrogens with one attached hydrogen (secondary N) is 1. The first-order valence-electron chi connectivity index (χ1n) is 8.02. The van der Waals surface area contributed by atoms with Gasteiger partial charge in [0.25, 0.3) is 0 Å². The Labute approximate surface area is 157 Å². The van der Waals surface area contributed by atoms with E-state index < -0.39 is 11.6 Å². The predicted molar refractivity (Wildman–Crippen MR) is 98.7 cm³/mol. The van der Waals surface area contributed by atoms with Crippen molar-refractivity contribution in [1.29, 1.82) is 0 Å². The van der Waals surface area contributed by atoms with E-state index in [4.69, 9.17) is 26.2 Å². The highest BCUT2D eigenvalue weighted by Crippen LogP contribution is 2.29. The highest BCUT2D eigenvalue weighted by molar-refractivity contribution is 6.30. The molecule has 0 aliphatic carbocycles. The van der Waals surface area contributed by atoms with E-state index in [9.17, 15) is 9.90 Å². The summed E-state index contributed by atoms with van der Waals surface area (Å²) in [5.74, 6) is -0.0967. The molecule has 6 nitrogen and oxygen atoms in total. The van der Waals surface area contributed by atoms with E-state index in [0.717, 1.165) is 11.1 Å². The Morgan fingerprint density at radius 1 is 1.15 bits per heavy atom. The Balaban J connectivity index is 1.96. The van der Waals surface area contributed by atoms with Gasteiger partial charge in [-0.1, -0.05) is 29.8 Å². The quantitative estimate of drug-likeness (QED) is 0.621. The number of halogens is 1. The summed E-state index contributed by atoms with van der Waals surface area (Å²) in [5, 5.41) is 22.2. The summed E-state index contributed by atoms with van der Waals surface area (Å²) in [5.41, 5.74) is 0.0473. The van der Waals surface area contributed by atoms with E-state index >= 15 is 0 Å². The predicted octanol–water partition coefficient (Wildman–Crippen LogP) is 2.85. The zero-order chi connectivity index (χ0) is 19.2. The van der Waals surface area contributed by atoms with Crippen LogP contribution in [-0.4, -0.2) is 35.4 Å². The number of rotatable bonds is 9. The maximum Gasteiger partial charge on any atom is 0.336 e. The minimum atomic E-state index is -1.81. The number of methoxy groups -OCH3 is 1. The van der Waals surface area contributed by atoms with Crippen molar-refractivity contribution in [2.24, 2.45) is 0 Å². The zero-order valence-corrected chi connectivity index (χ0v) is 15.4. The SMILES string of the molecule is COc1cc(CNCC(C)(O)C(=O)O)ccc1OCc1ccc(Cl)cc1. The van der Waals surface area contributed by atoms with Crippen LogP contribution in [0.25, 0.3) is 0 Å².